The number of nitrogens with zero attached hydrogens (tertiary/aromatic N) is 1. The van der Waals surface area contributed by atoms with E-state index in [-0.39, 0.29) is 17.5 Å². The van der Waals surface area contributed by atoms with E-state index in [9.17, 15) is 26.3 Å². The van der Waals surface area contributed by atoms with E-state index in [1.54, 1.807) is 0 Å². The minimum Gasteiger partial charge on any atom is -0.303 e. The molecule has 0 radical (unpaired) electrons. The van der Waals surface area contributed by atoms with Crippen molar-refractivity contribution in [2.75, 3.05) is 19.6 Å². The molecule has 2 heterocycles. The van der Waals surface area contributed by atoms with Crippen molar-refractivity contribution < 1.29 is 26.3 Å². The van der Waals surface area contributed by atoms with Gasteiger partial charge in [-0.2, -0.15) is 26.3 Å². The maximum Gasteiger partial charge on any atom is 0.416 e. The van der Waals surface area contributed by atoms with Gasteiger partial charge in [-0.3, -0.25) is 0 Å². The molecule has 8 heteroatoms. The zero-order chi connectivity index (χ0) is 22.2. The molecule has 1 saturated heterocycles. The molecular formula is C23H25F6NS. The van der Waals surface area contributed by atoms with Crippen molar-refractivity contribution in [1.82, 2.24) is 4.90 Å². The fourth-order valence-corrected chi connectivity index (χ4v) is 5.94. The van der Waals surface area contributed by atoms with Crippen LogP contribution in [0.3, 0.4) is 0 Å². The van der Waals surface area contributed by atoms with Crippen LogP contribution in [0.2, 0.25) is 0 Å². The summed E-state index contributed by atoms with van der Waals surface area (Å²) in [5.74, 6) is 0.281. The zero-order valence-corrected chi connectivity index (χ0v) is 17.8. The Labute approximate surface area is 182 Å². The summed E-state index contributed by atoms with van der Waals surface area (Å²) >= 11 is 1.82. The summed E-state index contributed by atoms with van der Waals surface area (Å²) < 4.78 is 78.9. The molecule has 0 bridgehead atoms. The molecule has 4 rings (SSSR count). The highest BCUT2D eigenvalue weighted by Crippen LogP contribution is 2.40. The van der Waals surface area contributed by atoms with Gasteiger partial charge in [0, 0.05) is 4.88 Å². The molecule has 1 aromatic carbocycles. The fraction of sp³-hybridized carbons (Fsp3) is 0.565. The molecule has 1 nitrogen and oxygen atoms in total. The van der Waals surface area contributed by atoms with Gasteiger partial charge in [-0.15, -0.1) is 11.3 Å². The van der Waals surface area contributed by atoms with E-state index in [1.165, 1.54) is 23.3 Å². The lowest BCUT2D eigenvalue weighted by Gasteiger charge is -2.34. The molecule has 1 aliphatic heterocycles. The van der Waals surface area contributed by atoms with Gasteiger partial charge in [0.25, 0.3) is 0 Å². The summed E-state index contributed by atoms with van der Waals surface area (Å²) in [6.45, 7) is 2.32. The average Bonchev–Trinajstić information content (AvgIpc) is 3.20. The van der Waals surface area contributed by atoms with Crippen LogP contribution in [0, 0.1) is 0 Å². The summed E-state index contributed by atoms with van der Waals surface area (Å²) in [6.07, 6.45) is -3.83. The molecule has 1 aliphatic carbocycles. The third kappa shape index (κ3) is 5.28. The quantitative estimate of drug-likeness (QED) is 0.427. The van der Waals surface area contributed by atoms with Gasteiger partial charge in [0.1, 0.15) is 0 Å². The SMILES string of the molecule is FC(F)(F)c1cc(C2CCN(CCC3CCCc4sccc43)CC2)cc(C(F)(F)F)c1. The van der Waals surface area contributed by atoms with E-state index in [4.69, 9.17) is 0 Å². The predicted molar refractivity (Wildman–Crippen MR) is 109 cm³/mol. The Kier molecular flexibility index (Phi) is 6.41. The van der Waals surface area contributed by atoms with Crippen LogP contribution < -0.4 is 0 Å². The monoisotopic (exact) mass is 461 g/mol. The molecule has 2 aliphatic rings. The van der Waals surface area contributed by atoms with Crippen molar-refractivity contribution in [2.24, 2.45) is 0 Å². The molecule has 0 N–H and O–H groups in total. The van der Waals surface area contributed by atoms with Crippen molar-refractivity contribution in [3.8, 4) is 0 Å². The average molecular weight is 462 g/mol. The molecule has 1 aromatic heterocycles. The molecule has 2 aromatic rings. The van der Waals surface area contributed by atoms with Gasteiger partial charge in [-0.25, -0.2) is 0 Å². The number of aryl methyl sites for hydroxylation is 1. The number of likely N-dealkylation sites (tertiary alicyclic amines) is 1. The van der Waals surface area contributed by atoms with Gasteiger partial charge in [-0.05, 0) is 111 Å². The Bertz CT molecular complexity index is 860. The Morgan fingerprint density at radius 2 is 1.55 bits per heavy atom. The van der Waals surface area contributed by atoms with Crippen molar-refractivity contribution in [3.05, 3.63) is 56.8 Å². The summed E-state index contributed by atoms with van der Waals surface area (Å²) in [6, 6.07) is 4.23. The molecule has 1 unspecified atom stereocenters. The van der Waals surface area contributed by atoms with Crippen molar-refractivity contribution >= 4 is 11.3 Å². The number of thiophene rings is 1. The topological polar surface area (TPSA) is 3.24 Å². The van der Waals surface area contributed by atoms with E-state index in [0.29, 0.717) is 31.8 Å². The molecule has 31 heavy (non-hydrogen) atoms. The standard InChI is InChI=1S/C23H25F6NS/c24-22(25,26)18-12-17(13-19(14-18)23(27,28)29)15-4-8-30(9-5-15)10-6-16-2-1-3-21-20(16)7-11-31-21/h7,11-16H,1-6,8-10H2. The minimum absolute atomic E-state index is 0.150. The molecule has 1 atom stereocenters. The summed E-state index contributed by atoms with van der Waals surface area (Å²) in [7, 11) is 0. The molecule has 170 valence electrons. The Balaban J connectivity index is 1.39. The molecule has 1 fully saturated rings. The van der Waals surface area contributed by atoms with Crippen LogP contribution in [-0.2, 0) is 18.8 Å². The molecule has 0 saturated carbocycles. The lowest BCUT2D eigenvalue weighted by atomic mass is 9.84. The number of rotatable bonds is 4. The number of benzene rings is 1. The normalized spacial score (nSPS) is 21.3. The van der Waals surface area contributed by atoms with Crippen molar-refractivity contribution in [1.29, 1.82) is 0 Å². The van der Waals surface area contributed by atoms with Gasteiger partial charge in [0.15, 0.2) is 0 Å². The lowest BCUT2D eigenvalue weighted by Crippen LogP contribution is -2.34. The second-order valence-corrected chi connectivity index (χ2v) is 9.63. The molecule has 0 amide bonds. The van der Waals surface area contributed by atoms with Crippen LogP contribution in [0.1, 0.15) is 71.1 Å². The highest BCUT2D eigenvalue weighted by Gasteiger charge is 2.38. The number of hydrogen-bond donors (Lipinski definition) is 0. The van der Waals surface area contributed by atoms with Crippen LogP contribution in [0.5, 0.6) is 0 Å². The van der Waals surface area contributed by atoms with Gasteiger partial charge in [0.05, 0.1) is 11.1 Å². The summed E-state index contributed by atoms with van der Waals surface area (Å²) in [5.41, 5.74) is -0.820. The van der Waals surface area contributed by atoms with Gasteiger partial charge in [-0.1, -0.05) is 0 Å². The highest BCUT2D eigenvalue weighted by molar-refractivity contribution is 7.10. The predicted octanol–water partition coefficient (Wildman–Crippen LogP) is 7.48. The minimum atomic E-state index is -4.79. The third-order valence-electron chi connectivity index (χ3n) is 6.64. The van der Waals surface area contributed by atoms with E-state index >= 15 is 0 Å². The Morgan fingerprint density at radius 3 is 2.16 bits per heavy atom. The van der Waals surface area contributed by atoms with E-state index in [0.717, 1.165) is 31.5 Å². The second kappa shape index (κ2) is 8.77. The maximum atomic E-state index is 13.1. The highest BCUT2D eigenvalue weighted by atomic mass is 32.1. The number of halogens is 6. The lowest BCUT2D eigenvalue weighted by molar-refractivity contribution is -0.143. The first kappa shape index (κ1) is 22.6. The van der Waals surface area contributed by atoms with Crippen LogP contribution in [0.25, 0.3) is 0 Å². The maximum absolute atomic E-state index is 13.1. The van der Waals surface area contributed by atoms with Crippen molar-refractivity contribution in [2.45, 2.75) is 62.7 Å². The number of hydrogen-bond acceptors (Lipinski definition) is 2. The second-order valence-electron chi connectivity index (χ2n) is 8.63. The van der Waals surface area contributed by atoms with Crippen LogP contribution in [0.4, 0.5) is 26.3 Å². The van der Waals surface area contributed by atoms with Crippen LogP contribution in [0.15, 0.2) is 29.6 Å². The number of fused-ring (bicyclic) bond motifs is 1. The van der Waals surface area contributed by atoms with E-state index in [2.05, 4.69) is 16.3 Å². The zero-order valence-electron chi connectivity index (χ0n) is 17.0. The Morgan fingerprint density at radius 1 is 0.903 bits per heavy atom. The van der Waals surface area contributed by atoms with Gasteiger partial charge in [0.2, 0.25) is 0 Å². The van der Waals surface area contributed by atoms with Crippen molar-refractivity contribution in [3.63, 3.8) is 0 Å². The molecule has 0 spiro atoms. The first-order chi connectivity index (χ1) is 14.6. The third-order valence-corrected chi connectivity index (χ3v) is 7.64. The number of alkyl halides is 6. The van der Waals surface area contributed by atoms with E-state index < -0.39 is 23.5 Å². The first-order valence-electron chi connectivity index (χ1n) is 10.7. The van der Waals surface area contributed by atoms with E-state index in [1.807, 2.05) is 11.3 Å². The molecular weight excluding hydrogens is 436 g/mol. The fourth-order valence-electron chi connectivity index (χ4n) is 4.92. The van der Waals surface area contributed by atoms with Crippen LogP contribution >= 0.6 is 11.3 Å². The van der Waals surface area contributed by atoms with Crippen LogP contribution in [-0.4, -0.2) is 24.5 Å². The Hall–Kier alpha value is -1.54. The number of piperidine rings is 1. The first-order valence-corrected chi connectivity index (χ1v) is 11.6. The summed E-state index contributed by atoms with van der Waals surface area (Å²) in [4.78, 5) is 3.79. The smallest absolute Gasteiger partial charge is 0.303 e. The van der Waals surface area contributed by atoms with Gasteiger partial charge < -0.3 is 4.90 Å². The van der Waals surface area contributed by atoms with Gasteiger partial charge >= 0.3 is 12.4 Å². The summed E-state index contributed by atoms with van der Waals surface area (Å²) in [5, 5.41) is 2.15. The largest absolute Gasteiger partial charge is 0.416 e.